The summed E-state index contributed by atoms with van der Waals surface area (Å²) >= 11 is 12.1. The highest BCUT2D eigenvalue weighted by Gasteiger charge is 2.42. The van der Waals surface area contributed by atoms with Crippen LogP contribution < -0.4 is 15.5 Å². The highest BCUT2D eigenvalue weighted by molar-refractivity contribution is 7.80. The fourth-order valence-electron chi connectivity index (χ4n) is 4.99. The molecule has 1 aliphatic rings. The molecule has 4 aromatic rings. The number of halogens is 1. The number of benzene rings is 2. The largest absolute Gasteiger partial charge is 0.506 e. The van der Waals surface area contributed by atoms with Gasteiger partial charge >= 0.3 is 0 Å². The zero-order chi connectivity index (χ0) is 26.3. The molecule has 1 saturated heterocycles. The van der Waals surface area contributed by atoms with Crippen LogP contribution in [0.25, 0.3) is 5.69 Å². The zero-order valence-corrected chi connectivity index (χ0v) is 22.1. The van der Waals surface area contributed by atoms with Crippen molar-refractivity contribution in [2.45, 2.75) is 32.9 Å². The molecule has 0 spiro atoms. The van der Waals surface area contributed by atoms with Crippen molar-refractivity contribution >= 4 is 46.2 Å². The number of anilines is 2. The van der Waals surface area contributed by atoms with Gasteiger partial charge in [-0.2, -0.15) is 0 Å². The third kappa shape index (κ3) is 4.65. The number of carbonyl (C=O) groups excluding carboxylic acids is 1. The molecule has 3 N–H and O–H groups in total. The molecule has 0 unspecified atom stereocenters. The second-order valence-corrected chi connectivity index (χ2v) is 9.84. The smallest absolute Gasteiger partial charge is 0.221 e. The van der Waals surface area contributed by atoms with E-state index in [-0.39, 0.29) is 23.7 Å². The normalized spacial score (nSPS) is 17.1. The Hall–Kier alpha value is -3.88. The van der Waals surface area contributed by atoms with Gasteiger partial charge in [-0.05, 0) is 92.3 Å². The Morgan fingerprint density at radius 3 is 2.54 bits per heavy atom. The van der Waals surface area contributed by atoms with Crippen LogP contribution >= 0.6 is 23.8 Å². The number of aryl methyl sites for hydroxylation is 1. The molecule has 2 aromatic heterocycles. The molecule has 3 heterocycles. The molecular formula is C28H26ClN5O2S. The topological polar surface area (TPSA) is 82.4 Å². The molecule has 37 heavy (non-hydrogen) atoms. The van der Waals surface area contributed by atoms with E-state index in [4.69, 9.17) is 23.8 Å². The molecule has 0 saturated carbocycles. The maximum atomic E-state index is 11.5. The Kier molecular flexibility index (Phi) is 6.62. The van der Waals surface area contributed by atoms with Gasteiger partial charge in [-0.25, -0.2) is 0 Å². The number of phenols is 1. The summed E-state index contributed by atoms with van der Waals surface area (Å²) in [6, 6.07) is 20.1. The van der Waals surface area contributed by atoms with Gasteiger partial charge in [0.05, 0.1) is 23.5 Å². The summed E-state index contributed by atoms with van der Waals surface area (Å²) in [6.07, 6.45) is 1.77. The Morgan fingerprint density at radius 1 is 1.11 bits per heavy atom. The molecular weight excluding hydrogens is 506 g/mol. The molecule has 1 fully saturated rings. The fraction of sp³-hybridized carbons (Fsp3) is 0.179. The summed E-state index contributed by atoms with van der Waals surface area (Å²) in [4.78, 5) is 18.2. The zero-order valence-electron chi connectivity index (χ0n) is 20.6. The van der Waals surface area contributed by atoms with E-state index in [1.807, 2.05) is 60.9 Å². The van der Waals surface area contributed by atoms with E-state index in [1.54, 1.807) is 24.4 Å². The number of phenolic OH excluding ortho intramolecular Hbond substituents is 1. The molecule has 0 radical (unpaired) electrons. The number of carbonyl (C=O) groups is 1. The Balaban J connectivity index is 1.65. The van der Waals surface area contributed by atoms with E-state index in [9.17, 15) is 9.90 Å². The Morgan fingerprint density at radius 2 is 1.86 bits per heavy atom. The fourth-order valence-corrected chi connectivity index (χ4v) is 5.50. The minimum absolute atomic E-state index is 0.129. The average molecular weight is 532 g/mol. The van der Waals surface area contributed by atoms with Gasteiger partial charge in [-0.1, -0.05) is 17.7 Å². The lowest BCUT2D eigenvalue weighted by molar-refractivity contribution is -0.114. The van der Waals surface area contributed by atoms with Gasteiger partial charge in [0, 0.05) is 40.9 Å². The van der Waals surface area contributed by atoms with Crippen molar-refractivity contribution in [3.8, 4) is 11.4 Å². The lowest BCUT2D eigenvalue weighted by atomic mass is 9.96. The molecule has 7 nitrogen and oxygen atoms in total. The first-order valence-corrected chi connectivity index (χ1v) is 12.6. The second kappa shape index (κ2) is 9.88. The predicted octanol–water partition coefficient (Wildman–Crippen LogP) is 5.98. The lowest BCUT2D eigenvalue weighted by Crippen LogP contribution is -2.29. The first-order valence-electron chi connectivity index (χ1n) is 11.8. The molecule has 1 aliphatic heterocycles. The van der Waals surface area contributed by atoms with Crippen LogP contribution in [0.3, 0.4) is 0 Å². The number of hydrogen-bond acceptors (Lipinski definition) is 4. The molecule has 0 bridgehead atoms. The third-order valence-corrected chi connectivity index (χ3v) is 7.08. The van der Waals surface area contributed by atoms with Crippen LogP contribution in [-0.2, 0) is 4.79 Å². The maximum absolute atomic E-state index is 11.5. The van der Waals surface area contributed by atoms with Crippen molar-refractivity contribution in [1.29, 1.82) is 0 Å². The van der Waals surface area contributed by atoms with Gasteiger partial charge in [0.2, 0.25) is 5.91 Å². The summed E-state index contributed by atoms with van der Waals surface area (Å²) < 4.78 is 2.01. The number of nitrogens with one attached hydrogen (secondary N) is 2. The van der Waals surface area contributed by atoms with E-state index in [0.717, 1.165) is 28.3 Å². The van der Waals surface area contributed by atoms with Gasteiger partial charge in [0.15, 0.2) is 5.11 Å². The van der Waals surface area contributed by atoms with Gasteiger partial charge in [-0.15, -0.1) is 0 Å². The third-order valence-electron chi connectivity index (χ3n) is 6.53. The number of rotatable bonds is 5. The molecule has 1 amide bonds. The van der Waals surface area contributed by atoms with E-state index in [1.165, 1.54) is 6.92 Å². The van der Waals surface area contributed by atoms with Crippen LogP contribution in [0.4, 0.5) is 11.4 Å². The number of aromatic hydroxyl groups is 1. The molecule has 5 rings (SSSR count). The standard InChI is InChI=1S/C28H26ClN5O2S/c1-16-14-22(17(2)33(16)24-15-19(29)7-12-25(24)36)27-26(23-6-4-5-13-30-23)32-28(37)34(27)21-10-8-20(9-11-21)31-18(3)35/h4-15,26-27,36H,1-3H3,(H,31,35)(H,32,37)/t26-,27+/m1/s1. The molecule has 2 aromatic carbocycles. The quantitative estimate of drug-likeness (QED) is 0.275. The second-order valence-electron chi connectivity index (χ2n) is 9.02. The van der Waals surface area contributed by atoms with Crippen molar-refractivity contribution in [1.82, 2.24) is 14.9 Å². The van der Waals surface area contributed by atoms with E-state index in [0.29, 0.717) is 21.5 Å². The Labute approximate surface area is 225 Å². The average Bonchev–Trinajstić information content (AvgIpc) is 3.36. The molecule has 9 heteroatoms. The van der Waals surface area contributed by atoms with Crippen LogP contribution in [0.1, 0.15) is 41.7 Å². The molecule has 0 aliphatic carbocycles. The van der Waals surface area contributed by atoms with Crippen molar-refractivity contribution in [3.63, 3.8) is 0 Å². The monoisotopic (exact) mass is 531 g/mol. The number of aromatic nitrogens is 2. The minimum Gasteiger partial charge on any atom is -0.506 e. The number of pyridine rings is 1. The summed E-state index contributed by atoms with van der Waals surface area (Å²) in [5, 5.41) is 18.0. The van der Waals surface area contributed by atoms with E-state index >= 15 is 0 Å². The number of amides is 1. The molecule has 188 valence electrons. The van der Waals surface area contributed by atoms with Crippen LogP contribution in [0.2, 0.25) is 5.02 Å². The Bertz CT molecular complexity index is 1490. The highest BCUT2D eigenvalue weighted by Crippen LogP contribution is 2.44. The number of thiocarbonyl (C=S) groups is 1. The van der Waals surface area contributed by atoms with Crippen molar-refractivity contribution in [2.24, 2.45) is 0 Å². The van der Waals surface area contributed by atoms with Gasteiger partial charge in [-0.3, -0.25) is 9.78 Å². The predicted molar refractivity (Wildman–Crippen MR) is 151 cm³/mol. The minimum atomic E-state index is -0.227. The van der Waals surface area contributed by atoms with E-state index in [2.05, 4.69) is 26.6 Å². The summed E-state index contributed by atoms with van der Waals surface area (Å²) in [5.74, 6) is 0.0143. The van der Waals surface area contributed by atoms with Crippen LogP contribution in [0.5, 0.6) is 5.75 Å². The summed E-state index contributed by atoms with van der Waals surface area (Å²) in [6.45, 7) is 5.51. The number of nitrogens with zero attached hydrogens (tertiary/aromatic N) is 3. The first kappa shape index (κ1) is 24.8. The van der Waals surface area contributed by atoms with Gasteiger partial charge < -0.3 is 25.2 Å². The highest BCUT2D eigenvalue weighted by atomic mass is 35.5. The number of hydrogen-bond donors (Lipinski definition) is 3. The van der Waals surface area contributed by atoms with Gasteiger partial charge in [0.1, 0.15) is 5.75 Å². The van der Waals surface area contributed by atoms with Crippen molar-refractivity contribution in [2.75, 3.05) is 10.2 Å². The van der Waals surface area contributed by atoms with Crippen LogP contribution in [0.15, 0.2) is 72.9 Å². The SMILES string of the molecule is CC(=O)Nc1ccc(N2C(=S)N[C@H](c3ccccn3)[C@@H]2c2cc(C)n(-c3cc(Cl)ccc3O)c2C)cc1. The summed E-state index contributed by atoms with van der Waals surface area (Å²) in [5.41, 5.74) is 6.00. The van der Waals surface area contributed by atoms with Gasteiger partial charge in [0.25, 0.3) is 0 Å². The first-order chi connectivity index (χ1) is 17.7. The van der Waals surface area contributed by atoms with Crippen LogP contribution in [-0.4, -0.2) is 25.7 Å². The lowest BCUT2D eigenvalue weighted by Gasteiger charge is -2.28. The molecule has 2 atom stereocenters. The van der Waals surface area contributed by atoms with Crippen LogP contribution in [0, 0.1) is 13.8 Å². The van der Waals surface area contributed by atoms with E-state index < -0.39 is 0 Å². The summed E-state index contributed by atoms with van der Waals surface area (Å²) in [7, 11) is 0. The van der Waals surface area contributed by atoms with Crippen molar-refractivity contribution in [3.05, 3.63) is 101 Å². The van der Waals surface area contributed by atoms with Crippen molar-refractivity contribution < 1.29 is 9.90 Å². The maximum Gasteiger partial charge on any atom is 0.221 e.